The maximum absolute atomic E-state index is 6.37. The summed E-state index contributed by atoms with van der Waals surface area (Å²) in [5, 5.41) is 3.18. The summed E-state index contributed by atoms with van der Waals surface area (Å²) in [5.41, 5.74) is 2.44. The van der Waals surface area contributed by atoms with Crippen LogP contribution in [0, 0.1) is 0 Å². The lowest BCUT2D eigenvalue weighted by Gasteiger charge is -2.47. The molecule has 2 aromatic rings. The number of aromatic nitrogens is 1. The molecule has 3 heterocycles. The van der Waals surface area contributed by atoms with Gasteiger partial charge in [-0.1, -0.05) is 12.5 Å². The van der Waals surface area contributed by atoms with Gasteiger partial charge in [0, 0.05) is 55.5 Å². The standard InChI is InChI=1S/C20H24N2O2S/c1-2-17(3-1)22-9-6-20(7-10-22)23-14-16-12-15(4-5-18(16)24-20)13-19-21-8-11-25-19/h4-5,8,11-12,17H,1-3,6-7,9-10,13-14H2. The van der Waals surface area contributed by atoms with Gasteiger partial charge in [-0.3, -0.25) is 4.90 Å². The molecule has 0 radical (unpaired) electrons. The Kier molecular flexibility index (Phi) is 4.03. The van der Waals surface area contributed by atoms with Crippen LogP contribution < -0.4 is 4.74 Å². The average Bonchev–Trinajstić information content (AvgIpc) is 3.09. The maximum Gasteiger partial charge on any atom is 0.213 e. The van der Waals surface area contributed by atoms with Crippen molar-refractivity contribution in [3.8, 4) is 5.75 Å². The van der Waals surface area contributed by atoms with Crippen molar-refractivity contribution in [2.45, 2.75) is 57.0 Å². The molecule has 132 valence electrons. The number of thiazole rings is 1. The van der Waals surface area contributed by atoms with Crippen molar-refractivity contribution in [2.75, 3.05) is 13.1 Å². The van der Waals surface area contributed by atoms with Gasteiger partial charge in [0.15, 0.2) is 0 Å². The van der Waals surface area contributed by atoms with Gasteiger partial charge in [0.25, 0.3) is 0 Å². The largest absolute Gasteiger partial charge is 0.462 e. The van der Waals surface area contributed by atoms with Crippen molar-refractivity contribution in [3.05, 3.63) is 45.9 Å². The minimum absolute atomic E-state index is 0.399. The summed E-state index contributed by atoms with van der Waals surface area (Å²) in [6.07, 6.45) is 8.85. The molecule has 1 aromatic heterocycles. The molecule has 0 N–H and O–H groups in total. The van der Waals surface area contributed by atoms with E-state index in [1.165, 1.54) is 30.4 Å². The molecule has 0 amide bonds. The van der Waals surface area contributed by atoms with Crippen molar-refractivity contribution in [2.24, 2.45) is 0 Å². The first-order valence-corrected chi connectivity index (χ1v) is 10.2. The van der Waals surface area contributed by atoms with Gasteiger partial charge in [0.1, 0.15) is 5.75 Å². The molecule has 0 atom stereocenters. The highest BCUT2D eigenvalue weighted by Crippen LogP contribution is 2.39. The van der Waals surface area contributed by atoms with E-state index in [4.69, 9.17) is 9.47 Å². The first kappa shape index (κ1) is 15.8. The second-order valence-electron chi connectivity index (χ2n) is 7.47. The Morgan fingerprint density at radius 2 is 2.12 bits per heavy atom. The van der Waals surface area contributed by atoms with E-state index in [9.17, 15) is 0 Å². The summed E-state index contributed by atoms with van der Waals surface area (Å²) in [4.78, 5) is 7.01. The van der Waals surface area contributed by atoms with E-state index in [-0.39, 0.29) is 0 Å². The molecule has 2 aliphatic heterocycles. The summed E-state index contributed by atoms with van der Waals surface area (Å²) in [6.45, 7) is 2.86. The minimum atomic E-state index is -0.399. The Bertz CT molecular complexity index is 734. The monoisotopic (exact) mass is 356 g/mol. The number of piperidine rings is 1. The Hall–Kier alpha value is -1.43. The smallest absolute Gasteiger partial charge is 0.213 e. The lowest BCUT2D eigenvalue weighted by Crippen LogP contribution is -2.54. The van der Waals surface area contributed by atoms with Gasteiger partial charge in [-0.15, -0.1) is 11.3 Å². The molecule has 1 saturated heterocycles. The molecule has 4 nitrogen and oxygen atoms in total. The van der Waals surface area contributed by atoms with Crippen LogP contribution in [0.15, 0.2) is 29.8 Å². The number of hydrogen-bond acceptors (Lipinski definition) is 5. The van der Waals surface area contributed by atoms with Crippen LogP contribution in [0.3, 0.4) is 0 Å². The molecular weight excluding hydrogens is 332 g/mol. The number of likely N-dealkylation sites (tertiary alicyclic amines) is 1. The Morgan fingerprint density at radius 1 is 1.24 bits per heavy atom. The van der Waals surface area contributed by atoms with Crippen molar-refractivity contribution in [3.63, 3.8) is 0 Å². The second kappa shape index (κ2) is 6.38. The molecule has 0 bridgehead atoms. The maximum atomic E-state index is 6.37. The summed E-state index contributed by atoms with van der Waals surface area (Å²) in [6, 6.07) is 7.33. The number of ether oxygens (including phenoxy) is 2. The fraction of sp³-hybridized carbons (Fsp3) is 0.550. The van der Waals surface area contributed by atoms with Crippen LogP contribution in [0.2, 0.25) is 0 Å². The molecule has 1 saturated carbocycles. The van der Waals surface area contributed by atoms with Crippen LogP contribution in [0.4, 0.5) is 0 Å². The number of fused-ring (bicyclic) bond motifs is 1. The van der Waals surface area contributed by atoms with Gasteiger partial charge in [-0.2, -0.15) is 0 Å². The first-order chi connectivity index (χ1) is 12.3. The molecule has 25 heavy (non-hydrogen) atoms. The zero-order chi connectivity index (χ0) is 16.7. The zero-order valence-electron chi connectivity index (χ0n) is 14.4. The lowest BCUT2D eigenvalue weighted by molar-refractivity contribution is -0.231. The number of nitrogens with zero attached hydrogens (tertiary/aromatic N) is 2. The van der Waals surface area contributed by atoms with Crippen LogP contribution in [0.1, 0.15) is 48.2 Å². The van der Waals surface area contributed by atoms with Crippen molar-refractivity contribution >= 4 is 11.3 Å². The van der Waals surface area contributed by atoms with Crippen LogP contribution >= 0.6 is 11.3 Å². The van der Waals surface area contributed by atoms with Crippen LogP contribution in [0.5, 0.6) is 5.75 Å². The van der Waals surface area contributed by atoms with E-state index in [1.807, 2.05) is 11.6 Å². The first-order valence-electron chi connectivity index (χ1n) is 9.37. The fourth-order valence-corrected chi connectivity index (χ4v) is 4.79. The van der Waals surface area contributed by atoms with Crippen LogP contribution in [0.25, 0.3) is 0 Å². The van der Waals surface area contributed by atoms with Crippen LogP contribution in [-0.4, -0.2) is 34.8 Å². The summed E-state index contributed by atoms with van der Waals surface area (Å²) in [7, 11) is 0. The molecule has 1 spiro atoms. The van der Waals surface area contributed by atoms with E-state index >= 15 is 0 Å². The molecule has 0 unspecified atom stereocenters. The van der Waals surface area contributed by atoms with Crippen molar-refractivity contribution < 1.29 is 9.47 Å². The summed E-state index contributed by atoms with van der Waals surface area (Å²) < 4.78 is 12.6. The third-order valence-corrected chi connectivity index (χ3v) is 6.68. The van der Waals surface area contributed by atoms with Gasteiger partial charge >= 0.3 is 0 Å². The SMILES string of the molecule is c1csc(Cc2ccc3c(c2)COC2(CCN(C4CCC4)CC2)O3)n1. The summed E-state index contributed by atoms with van der Waals surface area (Å²) >= 11 is 1.70. The molecular formula is C20H24N2O2S. The molecule has 5 rings (SSSR count). The number of hydrogen-bond donors (Lipinski definition) is 0. The average molecular weight is 356 g/mol. The minimum Gasteiger partial charge on any atom is -0.462 e. The van der Waals surface area contributed by atoms with Gasteiger partial charge < -0.3 is 9.47 Å². The third-order valence-electron chi connectivity index (χ3n) is 5.90. The van der Waals surface area contributed by atoms with Gasteiger partial charge in [-0.25, -0.2) is 4.98 Å². The molecule has 1 aliphatic carbocycles. The third kappa shape index (κ3) is 3.09. The van der Waals surface area contributed by atoms with Crippen molar-refractivity contribution in [1.82, 2.24) is 9.88 Å². The van der Waals surface area contributed by atoms with E-state index in [0.29, 0.717) is 6.61 Å². The van der Waals surface area contributed by atoms with Gasteiger partial charge in [-0.05, 0) is 30.5 Å². The highest BCUT2D eigenvalue weighted by Gasteiger charge is 2.42. The molecule has 1 aromatic carbocycles. The Balaban J connectivity index is 1.27. The van der Waals surface area contributed by atoms with E-state index in [1.54, 1.807) is 11.3 Å². The molecule has 5 heteroatoms. The topological polar surface area (TPSA) is 34.6 Å². The van der Waals surface area contributed by atoms with E-state index in [0.717, 1.165) is 49.2 Å². The van der Waals surface area contributed by atoms with E-state index < -0.39 is 5.79 Å². The van der Waals surface area contributed by atoms with E-state index in [2.05, 4.69) is 28.1 Å². The van der Waals surface area contributed by atoms with Crippen molar-refractivity contribution in [1.29, 1.82) is 0 Å². The molecule has 2 fully saturated rings. The lowest BCUT2D eigenvalue weighted by atomic mass is 9.89. The Morgan fingerprint density at radius 3 is 2.84 bits per heavy atom. The second-order valence-corrected chi connectivity index (χ2v) is 8.45. The zero-order valence-corrected chi connectivity index (χ0v) is 15.3. The predicted molar refractivity (Wildman–Crippen MR) is 98.0 cm³/mol. The number of benzene rings is 1. The molecule has 3 aliphatic rings. The van der Waals surface area contributed by atoms with Gasteiger partial charge in [0.05, 0.1) is 11.6 Å². The predicted octanol–water partition coefficient (Wildman–Crippen LogP) is 3.99. The Labute approximate surface area is 152 Å². The fourth-order valence-electron chi connectivity index (χ4n) is 4.14. The quantitative estimate of drug-likeness (QED) is 0.833. The normalized spacial score (nSPS) is 23.0. The summed E-state index contributed by atoms with van der Waals surface area (Å²) in [5.74, 6) is 0.607. The van der Waals surface area contributed by atoms with Crippen LogP contribution in [-0.2, 0) is 17.8 Å². The highest BCUT2D eigenvalue weighted by atomic mass is 32.1. The van der Waals surface area contributed by atoms with Gasteiger partial charge in [0.2, 0.25) is 5.79 Å². The number of rotatable bonds is 3. The highest BCUT2D eigenvalue weighted by molar-refractivity contribution is 7.09.